The van der Waals surface area contributed by atoms with Gasteiger partial charge in [0.1, 0.15) is 0 Å². The monoisotopic (exact) mass is 378 g/mol. The zero-order chi connectivity index (χ0) is 19.5. The Morgan fingerprint density at radius 2 is 2.11 bits per heavy atom. The van der Waals surface area contributed by atoms with E-state index in [2.05, 4.69) is 29.4 Å². The Balaban J connectivity index is 1.71. The molecule has 0 saturated carbocycles. The summed E-state index contributed by atoms with van der Waals surface area (Å²) in [6, 6.07) is 2.57. The number of fused-ring (bicyclic) bond motifs is 1. The summed E-state index contributed by atoms with van der Waals surface area (Å²) in [5, 5.41) is 12.2. The lowest BCUT2D eigenvalue weighted by molar-refractivity contribution is 0.461. The minimum absolute atomic E-state index is 0.287. The van der Waals surface area contributed by atoms with Gasteiger partial charge in [-0.15, -0.1) is 0 Å². The smallest absolute Gasteiger partial charge is 0.0999 e. The van der Waals surface area contributed by atoms with Gasteiger partial charge in [0.05, 0.1) is 41.5 Å². The third-order valence-electron chi connectivity index (χ3n) is 5.00. The molecule has 146 valence electrons. The second-order valence-electron chi connectivity index (χ2n) is 7.32. The molecule has 1 aliphatic heterocycles. The Bertz CT molecular complexity index is 1000. The first-order valence-electron chi connectivity index (χ1n) is 9.71. The summed E-state index contributed by atoms with van der Waals surface area (Å²) in [5.41, 5.74) is 10.2. The maximum atomic E-state index is 5.92. The number of rotatable bonds is 5. The van der Waals surface area contributed by atoms with E-state index >= 15 is 0 Å². The van der Waals surface area contributed by atoms with E-state index in [9.17, 15) is 0 Å². The van der Waals surface area contributed by atoms with Gasteiger partial charge in [0.25, 0.3) is 0 Å². The van der Waals surface area contributed by atoms with E-state index in [1.54, 1.807) is 12.4 Å². The van der Waals surface area contributed by atoms with Gasteiger partial charge in [-0.2, -0.15) is 10.2 Å². The molecule has 1 aliphatic rings. The molecule has 0 aliphatic carbocycles. The van der Waals surface area contributed by atoms with E-state index in [1.165, 1.54) is 0 Å². The van der Waals surface area contributed by atoms with Gasteiger partial charge in [0.15, 0.2) is 0 Å². The molecule has 8 nitrogen and oxygen atoms in total. The van der Waals surface area contributed by atoms with Crippen LogP contribution in [-0.4, -0.2) is 49.7 Å². The third kappa shape index (κ3) is 3.68. The molecule has 4 rings (SSSR count). The Labute approximate surface area is 164 Å². The van der Waals surface area contributed by atoms with Gasteiger partial charge in [-0.25, -0.2) is 9.50 Å². The molecule has 4 heterocycles. The number of nitrogens with one attached hydrogen (secondary N) is 1. The lowest BCUT2D eigenvalue weighted by Crippen LogP contribution is -2.29. The average molecular weight is 378 g/mol. The number of piperidine rings is 1. The fourth-order valence-electron chi connectivity index (χ4n) is 3.36. The van der Waals surface area contributed by atoms with E-state index in [0.717, 1.165) is 54.0 Å². The van der Waals surface area contributed by atoms with E-state index in [4.69, 9.17) is 15.7 Å². The van der Waals surface area contributed by atoms with Gasteiger partial charge in [-0.1, -0.05) is 0 Å². The predicted octanol–water partition coefficient (Wildman–Crippen LogP) is 2.30. The quantitative estimate of drug-likeness (QED) is 0.664. The van der Waals surface area contributed by atoms with Crippen molar-refractivity contribution >= 4 is 17.3 Å². The Morgan fingerprint density at radius 3 is 2.82 bits per heavy atom. The van der Waals surface area contributed by atoms with Crippen LogP contribution in [0.3, 0.4) is 0 Å². The van der Waals surface area contributed by atoms with Gasteiger partial charge < -0.3 is 11.1 Å². The van der Waals surface area contributed by atoms with Crippen LogP contribution in [0.5, 0.6) is 0 Å². The number of aromatic nitrogens is 5. The lowest BCUT2D eigenvalue weighted by Gasteiger charge is -2.18. The Kier molecular flexibility index (Phi) is 5.21. The minimum Gasteiger partial charge on any atom is -0.404 e. The van der Waals surface area contributed by atoms with Crippen LogP contribution in [0.15, 0.2) is 42.0 Å². The van der Waals surface area contributed by atoms with Crippen molar-refractivity contribution in [3.8, 4) is 11.3 Å². The number of hydrogen-bond acceptors (Lipinski definition) is 6. The number of aliphatic imine (C=N–C) groups is 1. The SMILES string of the molecule is CC(C)n1cc(-c2nc(C(C=NC3CCNCC3)=CN)cn3nccc23)cn1. The second kappa shape index (κ2) is 7.93. The predicted molar refractivity (Wildman–Crippen MR) is 111 cm³/mol. The van der Waals surface area contributed by atoms with Crippen molar-refractivity contribution in [2.24, 2.45) is 10.7 Å². The number of nitrogens with two attached hydrogens (primary N) is 1. The summed E-state index contributed by atoms with van der Waals surface area (Å²) in [7, 11) is 0. The zero-order valence-electron chi connectivity index (χ0n) is 16.3. The molecule has 0 spiro atoms. The van der Waals surface area contributed by atoms with Gasteiger partial charge in [0.2, 0.25) is 0 Å². The highest BCUT2D eigenvalue weighted by atomic mass is 15.3. The van der Waals surface area contributed by atoms with Crippen LogP contribution in [0.4, 0.5) is 0 Å². The molecule has 28 heavy (non-hydrogen) atoms. The zero-order valence-corrected chi connectivity index (χ0v) is 16.3. The standard InChI is InChI=1S/C20H26N8/c1-14(2)27-12-16(11-25-27)20-19-5-8-24-28(19)13-18(26-20)15(9-21)10-23-17-3-6-22-7-4-17/h5,8-14,17,22H,3-4,6-7,21H2,1-2H3. The lowest BCUT2D eigenvalue weighted by atomic mass is 10.1. The normalized spacial score (nSPS) is 16.6. The highest BCUT2D eigenvalue weighted by molar-refractivity contribution is 6.09. The van der Waals surface area contributed by atoms with Crippen molar-refractivity contribution in [3.63, 3.8) is 0 Å². The van der Waals surface area contributed by atoms with Crippen LogP contribution in [0.2, 0.25) is 0 Å². The first-order valence-corrected chi connectivity index (χ1v) is 9.71. The maximum absolute atomic E-state index is 5.92. The molecule has 3 N–H and O–H groups in total. The van der Waals surface area contributed by atoms with Crippen LogP contribution in [0.25, 0.3) is 22.3 Å². The van der Waals surface area contributed by atoms with Gasteiger partial charge >= 0.3 is 0 Å². The highest BCUT2D eigenvalue weighted by Gasteiger charge is 2.15. The van der Waals surface area contributed by atoms with E-state index in [-0.39, 0.29) is 6.04 Å². The van der Waals surface area contributed by atoms with Crippen molar-refractivity contribution < 1.29 is 0 Å². The van der Waals surface area contributed by atoms with Crippen LogP contribution >= 0.6 is 0 Å². The fraction of sp³-hybridized carbons (Fsp3) is 0.400. The summed E-state index contributed by atoms with van der Waals surface area (Å²) in [5.74, 6) is 0. The molecule has 0 unspecified atom stereocenters. The molecule has 3 aromatic heterocycles. The van der Waals surface area contributed by atoms with Gasteiger partial charge in [-0.05, 0) is 45.8 Å². The molecule has 0 radical (unpaired) electrons. The summed E-state index contributed by atoms with van der Waals surface area (Å²) >= 11 is 0. The Hall–Kier alpha value is -3.00. The van der Waals surface area contributed by atoms with Crippen molar-refractivity contribution in [2.45, 2.75) is 38.8 Å². The largest absolute Gasteiger partial charge is 0.404 e. The third-order valence-corrected chi connectivity index (χ3v) is 5.00. The number of allylic oxidation sites excluding steroid dienone is 1. The fourth-order valence-corrected chi connectivity index (χ4v) is 3.36. The van der Waals surface area contributed by atoms with E-state index < -0.39 is 0 Å². The number of hydrogen-bond donors (Lipinski definition) is 2. The van der Waals surface area contributed by atoms with Crippen molar-refractivity contribution in [3.05, 3.63) is 42.7 Å². The maximum Gasteiger partial charge on any atom is 0.0999 e. The van der Waals surface area contributed by atoms with Gasteiger partial charge in [0, 0.05) is 35.8 Å². The average Bonchev–Trinajstić information content (AvgIpc) is 3.38. The first-order chi connectivity index (χ1) is 13.7. The first kappa shape index (κ1) is 18.4. The topological polar surface area (TPSA) is 98.4 Å². The molecule has 0 aromatic carbocycles. The molecule has 3 aromatic rings. The molecule has 0 amide bonds. The van der Waals surface area contributed by atoms with E-state index in [1.807, 2.05) is 40.1 Å². The summed E-state index contributed by atoms with van der Waals surface area (Å²) in [4.78, 5) is 9.61. The van der Waals surface area contributed by atoms with E-state index in [0.29, 0.717) is 6.04 Å². The summed E-state index contributed by atoms with van der Waals surface area (Å²) in [6.45, 7) is 6.21. The van der Waals surface area contributed by atoms with Crippen LogP contribution < -0.4 is 11.1 Å². The van der Waals surface area contributed by atoms with Crippen LogP contribution in [0, 0.1) is 0 Å². The number of nitrogens with zero attached hydrogens (tertiary/aromatic N) is 6. The Morgan fingerprint density at radius 1 is 1.29 bits per heavy atom. The summed E-state index contributed by atoms with van der Waals surface area (Å²) < 4.78 is 3.75. The molecule has 0 atom stereocenters. The van der Waals surface area contributed by atoms with Crippen LogP contribution in [-0.2, 0) is 0 Å². The highest BCUT2D eigenvalue weighted by Crippen LogP contribution is 2.25. The van der Waals surface area contributed by atoms with Crippen molar-refractivity contribution in [1.82, 2.24) is 29.7 Å². The van der Waals surface area contributed by atoms with Crippen LogP contribution in [0.1, 0.15) is 38.4 Å². The molecule has 8 heteroatoms. The van der Waals surface area contributed by atoms with Crippen molar-refractivity contribution in [1.29, 1.82) is 0 Å². The minimum atomic E-state index is 0.287. The second-order valence-corrected chi connectivity index (χ2v) is 7.32. The molecule has 1 fully saturated rings. The van der Waals surface area contributed by atoms with Gasteiger partial charge in [-0.3, -0.25) is 9.67 Å². The molecule has 1 saturated heterocycles. The molecular formula is C20H26N8. The van der Waals surface area contributed by atoms with Crippen molar-refractivity contribution in [2.75, 3.05) is 13.1 Å². The molecular weight excluding hydrogens is 352 g/mol. The summed E-state index contributed by atoms with van der Waals surface area (Å²) in [6.07, 6.45) is 13.0. The molecule has 0 bridgehead atoms.